The monoisotopic (exact) mass is 358 g/mol. The van der Waals surface area contributed by atoms with Gasteiger partial charge in [-0.15, -0.1) is 5.10 Å². The van der Waals surface area contributed by atoms with Gasteiger partial charge in [0.25, 0.3) is 0 Å². The standard InChI is InChI=1S/C18H22N4O2S/c1-3-14-19-18-22(20-14)17(23)16(25-18)15(21-7-9-24-10-8-21)13-6-4-5-12(2)11-13/h4-6,11,15,23H,3,7-10H2,1-2H3. The molecule has 0 bridgehead atoms. The predicted octanol–water partition coefficient (Wildman–Crippen LogP) is 2.79. The number of nitrogens with zero attached hydrogens (tertiary/aromatic N) is 4. The Morgan fingerprint density at radius 3 is 2.80 bits per heavy atom. The van der Waals surface area contributed by atoms with Gasteiger partial charge in [0.15, 0.2) is 5.82 Å². The van der Waals surface area contributed by atoms with Crippen LogP contribution in [-0.2, 0) is 11.2 Å². The summed E-state index contributed by atoms with van der Waals surface area (Å²) in [7, 11) is 0. The first-order valence-corrected chi connectivity index (χ1v) is 9.44. The number of benzene rings is 1. The fourth-order valence-corrected chi connectivity index (χ4v) is 4.46. The second kappa shape index (κ2) is 6.74. The van der Waals surface area contributed by atoms with Crippen LogP contribution in [0.1, 0.15) is 34.8 Å². The zero-order valence-electron chi connectivity index (χ0n) is 14.5. The molecule has 1 aliphatic rings. The Labute approximate surface area is 150 Å². The minimum atomic E-state index is -0.0117. The first-order chi connectivity index (χ1) is 12.2. The molecule has 1 unspecified atom stereocenters. The Balaban J connectivity index is 1.82. The second-order valence-electron chi connectivity index (χ2n) is 6.33. The average Bonchev–Trinajstić information content (AvgIpc) is 3.16. The number of hydrogen-bond donors (Lipinski definition) is 1. The maximum Gasteiger partial charge on any atom is 0.230 e. The molecule has 1 fully saturated rings. The summed E-state index contributed by atoms with van der Waals surface area (Å²) in [5, 5.41) is 15.3. The number of aryl methyl sites for hydroxylation is 2. The number of thiazole rings is 1. The van der Waals surface area contributed by atoms with E-state index in [0.717, 1.165) is 35.2 Å². The largest absolute Gasteiger partial charge is 0.492 e. The quantitative estimate of drug-likeness (QED) is 0.777. The fourth-order valence-electron chi connectivity index (χ4n) is 3.32. The second-order valence-corrected chi connectivity index (χ2v) is 7.34. The lowest BCUT2D eigenvalue weighted by Crippen LogP contribution is -2.39. The lowest BCUT2D eigenvalue weighted by Gasteiger charge is -2.34. The molecule has 132 valence electrons. The Hall–Kier alpha value is -1.96. The molecule has 1 atom stereocenters. The van der Waals surface area contributed by atoms with Gasteiger partial charge in [-0.25, -0.2) is 4.98 Å². The molecule has 3 heterocycles. The molecule has 1 saturated heterocycles. The smallest absolute Gasteiger partial charge is 0.230 e. The van der Waals surface area contributed by atoms with E-state index in [-0.39, 0.29) is 11.9 Å². The van der Waals surface area contributed by atoms with Crippen LogP contribution in [0.2, 0.25) is 0 Å². The van der Waals surface area contributed by atoms with Crippen LogP contribution in [-0.4, -0.2) is 50.9 Å². The normalized spacial score (nSPS) is 17.2. The summed E-state index contributed by atoms with van der Waals surface area (Å²) in [4.78, 5) is 8.52. The SMILES string of the molecule is CCc1nc2sc(C(c3cccc(C)c3)N3CCOCC3)c(O)n2n1. The van der Waals surface area contributed by atoms with Crippen LogP contribution >= 0.6 is 11.3 Å². The van der Waals surface area contributed by atoms with E-state index in [1.165, 1.54) is 22.5 Å². The Bertz CT molecular complexity index is 882. The van der Waals surface area contributed by atoms with Crippen molar-refractivity contribution in [3.63, 3.8) is 0 Å². The highest BCUT2D eigenvalue weighted by Crippen LogP contribution is 2.40. The van der Waals surface area contributed by atoms with Gasteiger partial charge in [-0.05, 0) is 12.5 Å². The summed E-state index contributed by atoms with van der Waals surface area (Å²) in [6.07, 6.45) is 0.758. The van der Waals surface area contributed by atoms with E-state index in [1.54, 1.807) is 4.52 Å². The van der Waals surface area contributed by atoms with Crippen LogP contribution in [0.15, 0.2) is 24.3 Å². The summed E-state index contributed by atoms with van der Waals surface area (Å²) in [5.74, 6) is 0.955. The van der Waals surface area contributed by atoms with Gasteiger partial charge in [0.1, 0.15) is 0 Å². The van der Waals surface area contributed by atoms with E-state index in [4.69, 9.17) is 4.74 Å². The molecule has 0 radical (unpaired) electrons. The number of hydrogen-bond acceptors (Lipinski definition) is 6. The maximum absolute atomic E-state index is 10.8. The molecule has 2 aromatic heterocycles. The molecule has 4 rings (SSSR count). The number of aromatic nitrogens is 3. The molecular formula is C18H22N4O2S. The molecule has 3 aromatic rings. The van der Waals surface area contributed by atoms with Gasteiger partial charge in [-0.3, -0.25) is 4.90 Å². The van der Waals surface area contributed by atoms with E-state index >= 15 is 0 Å². The lowest BCUT2D eigenvalue weighted by molar-refractivity contribution is 0.0241. The van der Waals surface area contributed by atoms with Crippen LogP contribution in [0.3, 0.4) is 0 Å². The molecule has 25 heavy (non-hydrogen) atoms. The molecule has 6 nitrogen and oxygen atoms in total. The number of rotatable bonds is 4. The zero-order chi connectivity index (χ0) is 17.4. The zero-order valence-corrected chi connectivity index (χ0v) is 15.3. The van der Waals surface area contributed by atoms with Crippen molar-refractivity contribution in [3.05, 3.63) is 46.1 Å². The molecular weight excluding hydrogens is 336 g/mol. The lowest BCUT2D eigenvalue weighted by atomic mass is 10.0. The van der Waals surface area contributed by atoms with Crippen LogP contribution in [0.5, 0.6) is 5.88 Å². The van der Waals surface area contributed by atoms with Gasteiger partial charge in [0, 0.05) is 19.5 Å². The Morgan fingerprint density at radius 2 is 2.12 bits per heavy atom. The molecule has 0 spiro atoms. The fraction of sp³-hybridized carbons (Fsp3) is 0.444. The van der Waals surface area contributed by atoms with E-state index in [2.05, 4.69) is 46.2 Å². The summed E-state index contributed by atoms with van der Waals surface area (Å²) in [5.41, 5.74) is 2.39. The first kappa shape index (κ1) is 16.5. The summed E-state index contributed by atoms with van der Waals surface area (Å²) in [6, 6.07) is 8.46. The topological polar surface area (TPSA) is 62.9 Å². The van der Waals surface area contributed by atoms with E-state index < -0.39 is 0 Å². The van der Waals surface area contributed by atoms with Crippen molar-refractivity contribution in [2.75, 3.05) is 26.3 Å². The number of fused-ring (bicyclic) bond motifs is 1. The third-order valence-corrected chi connectivity index (χ3v) is 5.65. The molecule has 1 aliphatic heterocycles. The van der Waals surface area contributed by atoms with E-state index in [1.807, 2.05) is 6.92 Å². The number of ether oxygens (including phenoxy) is 1. The highest BCUT2D eigenvalue weighted by atomic mass is 32.1. The van der Waals surface area contributed by atoms with Crippen molar-refractivity contribution in [1.29, 1.82) is 0 Å². The van der Waals surface area contributed by atoms with Crippen molar-refractivity contribution in [3.8, 4) is 5.88 Å². The number of morpholine rings is 1. The van der Waals surface area contributed by atoms with Crippen LogP contribution < -0.4 is 0 Å². The van der Waals surface area contributed by atoms with Crippen molar-refractivity contribution in [2.24, 2.45) is 0 Å². The minimum absolute atomic E-state index is 0.0117. The Morgan fingerprint density at radius 1 is 1.32 bits per heavy atom. The molecule has 0 amide bonds. The average molecular weight is 358 g/mol. The summed E-state index contributed by atoms with van der Waals surface area (Å²) < 4.78 is 7.09. The predicted molar refractivity (Wildman–Crippen MR) is 97.3 cm³/mol. The van der Waals surface area contributed by atoms with E-state index in [9.17, 15) is 5.11 Å². The van der Waals surface area contributed by atoms with Gasteiger partial charge in [-0.2, -0.15) is 4.52 Å². The van der Waals surface area contributed by atoms with Crippen molar-refractivity contribution in [1.82, 2.24) is 19.5 Å². The maximum atomic E-state index is 10.8. The summed E-state index contributed by atoms with van der Waals surface area (Å²) in [6.45, 7) is 7.21. The first-order valence-electron chi connectivity index (χ1n) is 8.63. The van der Waals surface area contributed by atoms with Crippen LogP contribution in [0, 0.1) is 6.92 Å². The van der Waals surface area contributed by atoms with Crippen molar-refractivity contribution < 1.29 is 9.84 Å². The Kier molecular flexibility index (Phi) is 4.45. The van der Waals surface area contributed by atoms with Gasteiger partial charge in [0.05, 0.1) is 24.1 Å². The molecule has 0 aliphatic carbocycles. The van der Waals surface area contributed by atoms with Gasteiger partial charge < -0.3 is 9.84 Å². The highest BCUT2D eigenvalue weighted by molar-refractivity contribution is 7.17. The van der Waals surface area contributed by atoms with Gasteiger partial charge in [0.2, 0.25) is 10.8 Å². The van der Waals surface area contributed by atoms with Crippen LogP contribution in [0.4, 0.5) is 0 Å². The van der Waals surface area contributed by atoms with Gasteiger partial charge >= 0.3 is 0 Å². The third kappa shape index (κ3) is 3.03. The van der Waals surface area contributed by atoms with Crippen molar-refractivity contribution >= 4 is 16.3 Å². The molecule has 7 heteroatoms. The molecule has 1 N–H and O–H groups in total. The molecule has 1 aromatic carbocycles. The summed E-state index contributed by atoms with van der Waals surface area (Å²) >= 11 is 1.52. The molecule has 0 saturated carbocycles. The van der Waals surface area contributed by atoms with Crippen molar-refractivity contribution in [2.45, 2.75) is 26.3 Å². The number of aromatic hydroxyl groups is 1. The van der Waals surface area contributed by atoms with Crippen LogP contribution in [0.25, 0.3) is 4.96 Å². The van der Waals surface area contributed by atoms with E-state index in [0.29, 0.717) is 13.2 Å². The van der Waals surface area contributed by atoms with Gasteiger partial charge in [-0.1, -0.05) is 48.1 Å². The highest BCUT2D eigenvalue weighted by Gasteiger charge is 2.30. The third-order valence-electron chi connectivity index (χ3n) is 4.58. The minimum Gasteiger partial charge on any atom is -0.492 e.